The largest absolute Gasteiger partial charge is 0.382 e. The molecule has 0 aliphatic rings. The molecule has 1 aromatic heterocycles. The minimum Gasteiger partial charge on any atom is -0.382 e. The van der Waals surface area contributed by atoms with Crippen LogP contribution < -0.4 is 0 Å². The third-order valence-electron chi connectivity index (χ3n) is 1.78. The molecule has 0 aliphatic heterocycles. The fourth-order valence-electron chi connectivity index (χ4n) is 1.07. The molecule has 0 saturated carbocycles. The van der Waals surface area contributed by atoms with Gasteiger partial charge in [-0.05, 0) is 24.8 Å². The Morgan fingerprint density at radius 3 is 2.92 bits per heavy atom. The molecular formula is C10H16O2S. The minimum atomic E-state index is -0.830. The van der Waals surface area contributed by atoms with E-state index in [1.54, 1.807) is 18.3 Å². The van der Waals surface area contributed by atoms with Gasteiger partial charge in [-0.1, -0.05) is 13.0 Å². The summed E-state index contributed by atoms with van der Waals surface area (Å²) in [5.41, 5.74) is -0.830. The topological polar surface area (TPSA) is 29.5 Å². The van der Waals surface area contributed by atoms with Gasteiger partial charge in [-0.25, -0.2) is 0 Å². The van der Waals surface area contributed by atoms with Gasteiger partial charge in [-0.3, -0.25) is 0 Å². The van der Waals surface area contributed by atoms with Crippen LogP contribution in [0.4, 0.5) is 0 Å². The molecule has 0 bridgehead atoms. The first-order valence-corrected chi connectivity index (χ1v) is 5.39. The molecule has 0 spiro atoms. The van der Waals surface area contributed by atoms with Gasteiger partial charge in [-0.15, -0.1) is 11.3 Å². The molecule has 1 aromatic rings. The first-order chi connectivity index (χ1) is 6.17. The lowest BCUT2D eigenvalue weighted by Gasteiger charge is -2.21. The second-order valence-corrected chi connectivity index (χ2v) is 4.25. The van der Waals surface area contributed by atoms with E-state index in [4.69, 9.17) is 4.74 Å². The first kappa shape index (κ1) is 10.7. The van der Waals surface area contributed by atoms with Crippen molar-refractivity contribution >= 4 is 11.3 Å². The third kappa shape index (κ3) is 3.10. The number of rotatable bonds is 5. The Morgan fingerprint density at radius 1 is 1.62 bits per heavy atom. The van der Waals surface area contributed by atoms with Gasteiger partial charge in [0.1, 0.15) is 5.60 Å². The highest BCUT2D eigenvalue weighted by Gasteiger charge is 2.23. The summed E-state index contributed by atoms with van der Waals surface area (Å²) in [6.45, 7) is 4.93. The predicted molar refractivity (Wildman–Crippen MR) is 55.0 cm³/mol. The average Bonchev–Trinajstić information content (AvgIpc) is 2.56. The van der Waals surface area contributed by atoms with E-state index in [1.165, 1.54) is 0 Å². The quantitative estimate of drug-likeness (QED) is 0.739. The molecule has 1 rings (SSSR count). The van der Waals surface area contributed by atoms with E-state index >= 15 is 0 Å². The second kappa shape index (κ2) is 4.74. The van der Waals surface area contributed by atoms with Crippen molar-refractivity contribution in [3.05, 3.63) is 22.4 Å². The Hall–Kier alpha value is -0.380. The van der Waals surface area contributed by atoms with Gasteiger partial charge in [0.05, 0.1) is 6.61 Å². The molecule has 0 aliphatic carbocycles. The van der Waals surface area contributed by atoms with Crippen LogP contribution in [0, 0.1) is 0 Å². The Labute approximate surface area is 83.2 Å². The van der Waals surface area contributed by atoms with Crippen molar-refractivity contribution in [2.24, 2.45) is 0 Å². The van der Waals surface area contributed by atoms with Crippen LogP contribution in [-0.4, -0.2) is 18.3 Å². The molecule has 13 heavy (non-hydrogen) atoms. The molecule has 1 N–H and O–H groups in total. The Morgan fingerprint density at radius 2 is 2.38 bits per heavy atom. The maximum Gasteiger partial charge on any atom is 0.119 e. The molecule has 3 heteroatoms. The van der Waals surface area contributed by atoms with E-state index in [2.05, 4.69) is 6.92 Å². The summed E-state index contributed by atoms with van der Waals surface area (Å²) in [6.07, 6.45) is 0.987. The van der Waals surface area contributed by atoms with Crippen LogP contribution in [0.25, 0.3) is 0 Å². The lowest BCUT2D eigenvalue weighted by atomic mass is 10.1. The molecule has 2 nitrogen and oxygen atoms in total. The highest BCUT2D eigenvalue weighted by atomic mass is 32.1. The summed E-state index contributed by atoms with van der Waals surface area (Å²) in [7, 11) is 0. The second-order valence-electron chi connectivity index (χ2n) is 3.30. The van der Waals surface area contributed by atoms with Crippen molar-refractivity contribution in [3.63, 3.8) is 0 Å². The standard InChI is InChI=1S/C10H16O2S/c1-3-6-12-8-10(2,11)9-5-4-7-13-9/h4-5,7,11H,3,6,8H2,1-2H3. The van der Waals surface area contributed by atoms with Gasteiger partial charge in [-0.2, -0.15) is 0 Å². The summed E-state index contributed by atoms with van der Waals surface area (Å²) in [6, 6.07) is 3.87. The maximum absolute atomic E-state index is 9.99. The molecule has 0 amide bonds. The van der Waals surface area contributed by atoms with Crippen LogP contribution in [-0.2, 0) is 10.3 Å². The van der Waals surface area contributed by atoms with Gasteiger partial charge in [0, 0.05) is 11.5 Å². The van der Waals surface area contributed by atoms with Crippen molar-refractivity contribution < 1.29 is 9.84 Å². The monoisotopic (exact) mass is 200 g/mol. The highest BCUT2D eigenvalue weighted by molar-refractivity contribution is 7.10. The molecule has 0 fully saturated rings. The SMILES string of the molecule is CCCOCC(C)(O)c1cccs1. The lowest BCUT2D eigenvalue weighted by Crippen LogP contribution is -2.26. The van der Waals surface area contributed by atoms with Crippen LogP contribution in [0.2, 0.25) is 0 Å². The van der Waals surface area contributed by atoms with Crippen LogP contribution in [0.3, 0.4) is 0 Å². The summed E-state index contributed by atoms with van der Waals surface area (Å²) in [5.74, 6) is 0. The molecule has 0 aromatic carbocycles. The zero-order valence-electron chi connectivity index (χ0n) is 8.12. The van der Waals surface area contributed by atoms with Crippen molar-refractivity contribution in [1.82, 2.24) is 0 Å². The number of hydrogen-bond donors (Lipinski definition) is 1. The van der Waals surface area contributed by atoms with Crippen molar-refractivity contribution in [1.29, 1.82) is 0 Å². The highest BCUT2D eigenvalue weighted by Crippen LogP contribution is 2.25. The van der Waals surface area contributed by atoms with Crippen molar-refractivity contribution in [3.8, 4) is 0 Å². The number of hydrogen-bond acceptors (Lipinski definition) is 3. The van der Waals surface area contributed by atoms with Gasteiger partial charge >= 0.3 is 0 Å². The number of ether oxygens (including phenoxy) is 1. The number of aliphatic hydroxyl groups is 1. The van der Waals surface area contributed by atoms with Gasteiger partial charge in [0.25, 0.3) is 0 Å². The third-order valence-corrected chi connectivity index (χ3v) is 2.91. The van der Waals surface area contributed by atoms with E-state index in [-0.39, 0.29) is 0 Å². The molecule has 74 valence electrons. The summed E-state index contributed by atoms with van der Waals surface area (Å²) in [4.78, 5) is 0.962. The average molecular weight is 200 g/mol. The smallest absolute Gasteiger partial charge is 0.119 e. The van der Waals surface area contributed by atoms with E-state index in [9.17, 15) is 5.11 Å². The summed E-state index contributed by atoms with van der Waals surface area (Å²) in [5, 5.41) is 11.9. The Kier molecular flexibility index (Phi) is 3.90. The van der Waals surface area contributed by atoms with Crippen molar-refractivity contribution in [2.45, 2.75) is 25.9 Å². The van der Waals surface area contributed by atoms with Gasteiger partial charge < -0.3 is 9.84 Å². The maximum atomic E-state index is 9.99. The van der Waals surface area contributed by atoms with E-state index < -0.39 is 5.60 Å². The van der Waals surface area contributed by atoms with Crippen LogP contribution in [0.5, 0.6) is 0 Å². The van der Waals surface area contributed by atoms with Crippen LogP contribution in [0.1, 0.15) is 25.1 Å². The fourth-order valence-corrected chi connectivity index (χ4v) is 1.85. The Bertz CT molecular complexity index is 229. The van der Waals surface area contributed by atoms with E-state index in [1.807, 2.05) is 17.5 Å². The molecule has 1 unspecified atom stereocenters. The lowest BCUT2D eigenvalue weighted by molar-refractivity contribution is -0.0351. The molecule has 0 radical (unpaired) electrons. The van der Waals surface area contributed by atoms with Gasteiger partial charge in [0.15, 0.2) is 0 Å². The van der Waals surface area contributed by atoms with E-state index in [0.717, 1.165) is 11.3 Å². The minimum absolute atomic E-state index is 0.376. The van der Waals surface area contributed by atoms with Crippen LogP contribution in [0.15, 0.2) is 17.5 Å². The van der Waals surface area contributed by atoms with Crippen LogP contribution >= 0.6 is 11.3 Å². The Balaban J connectivity index is 2.46. The summed E-state index contributed by atoms with van der Waals surface area (Å²) < 4.78 is 5.33. The number of thiophene rings is 1. The first-order valence-electron chi connectivity index (χ1n) is 4.51. The van der Waals surface area contributed by atoms with Gasteiger partial charge in [0.2, 0.25) is 0 Å². The molecular weight excluding hydrogens is 184 g/mol. The fraction of sp³-hybridized carbons (Fsp3) is 0.600. The molecule has 1 atom stereocenters. The molecule has 1 heterocycles. The summed E-state index contributed by atoms with van der Waals surface area (Å²) >= 11 is 1.56. The zero-order chi connectivity index (χ0) is 9.73. The van der Waals surface area contributed by atoms with E-state index in [0.29, 0.717) is 13.2 Å². The molecule has 0 saturated heterocycles. The predicted octanol–water partition coefficient (Wildman–Crippen LogP) is 2.38. The zero-order valence-corrected chi connectivity index (χ0v) is 8.93. The van der Waals surface area contributed by atoms with Crippen molar-refractivity contribution in [2.75, 3.05) is 13.2 Å². The normalized spacial score (nSPS) is 15.6.